The summed E-state index contributed by atoms with van der Waals surface area (Å²) >= 11 is 4.20. The maximum atomic E-state index is 11.4. The maximum Gasteiger partial charge on any atom is 0.319 e. The highest BCUT2D eigenvalue weighted by Crippen LogP contribution is 2.14. The van der Waals surface area contributed by atoms with E-state index in [0.717, 1.165) is 19.3 Å². The van der Waals surface area contributed by atoms with E-state index < -0.39 is 5.60 Å². The fraction of sp³-hybridized carbons (Fsp3) is 0.900. The molecule has 1 unspecified atom stereocenters. The van der Waals surface area contributed by atoms with Crippen LogP contribution in [0, 0.1) is 0 Å². The van der Waals surface area contributed by atoms with Crippen LogP contribution in [-0.4, -0.2) is 16.8 Å². The summed E-state index contributed by atoms with van der Waals surface area (Å²) in [5.41, 5.74) is -0.399. The van der Waals surface area contributed by atoms with Gasteiger partial charge in [-0.1, -0.05) is 19.8 Å². The number of rotatable bonds is 4. The predicted molar refractivity (Wildman–Crippen MR) is 58.1 cm³/mol. The maximum absolute atomic E-state index is 11.4. The van der Waals surface area contributed by atoms with Gasteiger partial charge in [-0.15, -0.1) is 0 Å². The molecule has 1 atom stereocenters. The summed E-state index contributed by atoms with van der Waals surface area (Å²) in [6.07, 6.45) is 2.90. The van der Waals surface area contributed by atoms with Crippen molar-refractivity contribution in [2.24, 2.45) is 0 Å². The molecule has 13 heavy (non-hydrogen) atoms. The largest absolute Gasteiger partial charge is 0.459 e. The summed E-state index contributed by atoms with van der Waals surface area (Å²) in [7, 11) is 0. The molecule has 0 aromatic heterocycles. The van der Waals surface area contributed by atoms with Crippen molar-refractivity contribution < 1.29 is 9.53 Å². The van der Waals surface area contributed by atoms with Crippen molar-refractivity contribution in [2.75, 3.05) is 0 Å². The Kier molecular flexibility index (Phi) is 5.45. The van der Waals surface area contributed by atoms with E-state index in [2.05, 4.69) is 19.6 Å². The van der Waals surface area contributed by atoms with Crippen LogP contribution in [0.2, 0.25) is 0 Å². The van der Waals surface area contributed by atoms with E-state index in [9.17, 15) is 4.79 Å². The van der Waals surface area contributed by atoms with Gasteiger partial charge in [0.2, 0.25) is 0 Å². The highest BCUT2D eigenvalue weighted by atomic mass is 32.1. The highest BCUT2D eigenvalue weighted by Gasteiger charge is 2.21. The second-order valence-corrected chi connectivity index (χ2v) is 4.81. The molecule has 0 radical (unpaired) electrons. The molecule has 0 saturated carbocycles. The molecular weight excluding hydrogens is 184 g/mol. The van der Waals surface area contributed by atoms with Crippen LogP contribution in [0.4, 0.5) is 0 Å². The fourth-order valence-corrected chi connectivity index (χ4v) is 1.12. The number of ether oxygens (including phenoxy) is 1. The van der Waals surface area contributed by atoms with Gasteiger partial charge in [-0.05, 0) is 27.2 Å². The monoisotopic (exact) mass is 204 g/mol. The lowest BCUT2D eigenvalue weighted by Crippen LogP contribution is -2.29. The first-order chi connectivity index (χ1) is 5.87. The van der Waals surface area contributed by atoms with Crippen LogP contribution in [0.5, 0.6) is 0 Å². The average molecular weight is 204 g/mol. The molecule has 78 valence electrons. The van der Waals surface area contributed by atoms with Crippen LogP contribution in [0.3, 0.4) is 0 Å². The quantitative estimate of drug-likeness (QED) is 0.563. The van der Waals surface area contributed by atoms with Crippen LogP contribution < -0.4 is 0 Å². The van der Waals surface area contributed by atoms with Crippen molar-refractivity contribution >= 4 is 18.6 Å². The molecule has 0 aliphatic carbocycles. The molecule has 0 saturated heterocycles. The van der Waals surface area contributed by atoms with Gasteiger partial charge in [0.05, 0.1) is 5.25 Å². The van der Waals surface area contributed by atoms with Gasteiger partial charge in [0.15, 0.2) is 0 Å². The highest BCUT2D eigenvalue weighted by molar-refractivity contribution is 7.81. The van der Waals surface area contributed by atoms with Gasteiger partial charge in [-0.25, -0.2) is 0 Å². The normalized spacial score (nSPS) is 13.9. The zero-order valence-corrected chi connectivity index (χ0v) is 9.86. The Morgan fingerprint density at radius 2 is 2.00 bits per heavy atom. The Balaban J connectivity index is 3.83. The number of hydrogen-bond acceptors (Lipinski definition) is 3. The number of esters is 1. The topological polar surface area (TPSA) is 26.3 Å². The van der Waals surface area contributed by atoms with Gasteiger partial charge >= 0.3 is 5.97 Å². The van der Waals surface area contributed by atoms with Crippen LogP contribution >= 0.6 is 12.6 Å². The molecule has 0 amide bonds. The first-order valence-corrected chi connectivity index (χ1v) is 5.29. The second-order valence-electron chi connectivity index (χ2n) is 4.19. The first-order valence-electron chi connectivity index (χ1n) is 4.77. The zero-order valence-electron chi connectivity index (χ0n) is 8.96. The van der Waals surface area contributed by atoms with E-state index >= 15 is 0 Å². The number of hydrogen-bond donors (Lipinski definition) is 1. The van der Waals surface area contributed by atoms with Crippen molar-refractivity contribution in [1.82, 2.24) is 0 Å². The van der Waals surface area contributed by atoms with Gasteiger partial charge in [0.25, 0.3) is 0 Å². The fourth-order valence-electron chi connectivity index (χ4n) is 0.885. The molecule has 3 heteroatoms. The summed E-state index contributed by atoms with van der Waals surface area (Å²) in [4.78, 5) is 11.4. The van der Waals surface area contributed by atoms with Gasteiger partial charge < -0.3 is 4.74 Å². The smallest absolute Gasteiger partial charge is 0.319 e. The number of carbonyl (C=O) groups is 1. The van der Waals surface area contributed by atoms with Crippen molar-refractivity contribution in [3.63, 3.8) is 0 Å². The van der Waals surface area contributed by atoms with Gasteiger partial charge in [-0.2, -0.15) is 12.6 Å². The minimum Gasteiger partial charge on any atom is -0.459 e. The zero-order chi connectivity index (χ0) is 10.5. The number of carbonyl (C=O) groups excluding carboxylic acids is 1. The summed E-state index contributed by atoms with van der Waals surface area (Å²) in [6, 6.07) is 0. The molecule has 0 aliphatic heterocycles. The second kappa shape index (κ2) is 5.53. The SMILES string of the molecule is CCCCC(S)C(=O)OC(C)(C)C. The van der Waals surface area contributed by atoms with Crippen LogP contribution in [0.15, 0.2) is 0 Å². The molecule has 0 heterocycles. The Morgan fingerprint density at radius 1 is 1.46 bits per heavy atom. The lowest BCUT2D eigenvalue weighted by atomic mass is 10.1. The number of unbranched alkanes of at least 4 members (excludes halogenated alkanes) is 1. The standard InChI is InChI=1S/C10H20O2S/c1-5-6-7-8(13)9(11)12-10(2,3)4/h8,13H,5-7H2,1-4H3. The Bertz CT molecular complexity index is 161. The van der Waals surface area contributed by atoms with Gasteiger partial charge in [-0.3, -0.25) is 4.79 Å². The van der Waals surface area contributed by atoms with E-state index in [1.54, 1.807) is 0 Å². The average Bonchev–Trinajstić information content (AvgIpc) is 1.96. The van der Waals surface area contributed by atoms with E-state index in [1.165, 1.54) is 0 Å². The molecule has 0 aromatic carbocycles. The molecule has 0 N–H and O–H groups in total. The van der Waals surface area contributed by atoms with Gasteiger partial charge in [0, 0.05) is 0 Å². The lowest BCUT2D eigenvalue weighted by Gasteiger charge is -2.21. The van der Waals surface area contributed by atoms with Crippen LogP contribution in [-0.2, 0) is 9.53 Å². The predicted octanol–water partition coefficient (Wildman–Crippen LogP) is 2.82. The third kappa shape index (κ3) is 6.94. The molecule has 0 aromatic rings. The van der Waals surface area contributed by atoms with Crippen LogP contribution in [0.1, 0.15) is 47.0 Å². The molecule has 0 bridgehead atoms. The third-order valence-electron chi connectivity index (χ3n) is 1.51. The molecular formula is C10H20O2S. The minimum absolute atomic E-state index is 0.204. The summed E-state index contributed by atoms with van der Waals surface area (Å²) in [5, 5.41) is -0.265. The summed E-state index contributed by atoms with van der Waals surface area (Å²) < 4.78 is 5.18. The third-order valence-corrected chi connectivity index (χ3v) is 1.98. The van der Waals surface area contributed by atoms with Gasteiger partial charge in [0.1, 0.15) is 5.60 Å². The van der Waals surface area contributed by atoms with E-state index in [0.29, 0.717) is 0 Å². The van der Waals surface area contributed by atoms with Crippen LogP contribution in [0.25, 0.3) is 0 Å². The Morgan fingerprint density at radius 3 is 2.38 bits per heavy atom. The van der Waals surface area contributed by atoms with Crippen molar-refractivity contribution in [3.05, 3.63) is 0 Å². The molecule has 0 rings (SSSR count). The molecule has 0 spiro atoms. The molecule has 0 fully saturated rings. The Hall–Kier alpha value is -0.180. The van der Waals surface area contributed by atoms with E-state index in [4.69, 9.17) is 4.74 Å². The number of thiol groups is 1. The minimum atomic E-state index is -0.399. The first kappa shape index (κ1) is 12.8. The van der Waals surface area contributed by atoms with Crippen molar-refractivity contribution in [3.8, 4) is 0 Å². The van der Waals surface area contributed by atoms with E-state index in [1.807, 2.05) is 20.8 Å². The van der Waals surface area contributed by atoms with Crippen molar-refractivity contribution in [2.45, 2.75) is 57.8 Å². The molecule has 0 aliphatic rings. The Labute approximate surface area is 86.5 Å². The summed E-state index contributed by atoms with van der Waals surface area (Å²) in [6.45, 7) is 7.69. The molecule has 2 nitrogen and oxygen atoms in total. The van der Waals surface area contributed by atoms with Crippen molar-refractivity contribution in [1.29, 1.82) is 0 Å². The van der Waals surface area contributed by atoms with E-state index in [-0.39, 0.29) is 11.2 Å². The lowest BCUT2D eigenvalue weighted by molar-refractivity contribution is -0.154. The summed E-state index contributed by atoms with van der Waals surface area (Å²) in [5.74, 6) is -0.204.